The first-order valence-corrected chi connectivity index (χ1v) is 12.4. The summed E-state index contributed by atoms with van der Waals surface area (Å²) in [5.41, 5.74) is 3.14. The first kappa shape index (κ1) is 22.9. The fourth-order valence-corrected chi connectivity index (χ4v) is 7.36. The molecule has 0 spiro atoms. The van der Waals surface area contributed by atoms with E-state index in [1.54, 1.807) is 12.1 Å². The molecule has 7 rings (SSSR count). The largest absolute Gasteiger partial charge is 0.323 e. The Balaban J connectivity index is 1.41. The van der Waals surface area contributed by atoms with E-state index in [0.29, 0.717) is 33.0 Å². The monoisotopic (exact) mass is 544 g/mol. The highest BCUT2D eigenvalue weighted by atomic mass is 35.5. The molecule has 0 radical (unpaired) electrons. The summed E-state index contributed by atoms with van der Waals surface area (Å²) in [4.78, 5) is 38.7. The summed E-state index contributed by atoms with van der Waals surface area (Å²) in [6.07, 6.45) is 0. The van der Waals surface area contributed by atoms with Gasteiger partial charge < -0.3 is 5.32 Å². The average molecular weight is 546 g/mol. The summed E-state index contributed by atoms with van der Waals surface area (Å²) in [6, 6.07) is 19.3. The van der Waals surface area contributed by atoms with E-state index < -0.39 is 45.9 Å². The standard InChI is InChI=1S/C26H16Cl4N2O3/c27-13-9-10-19(18(28)11-13)31-20(33)12-32-23(34)21-22(24(32)35)26(30)15-6-2-1-5-14(15)25(21,29)16-7-3-4-8-17(16)26/h1-11,21-22H,12H2,(H,31,33)/t21-,22-,25?,26?/m0/s1. The van der Waals surface area contributed by atoms with Gasteiger partial charge in [0.05, 0.1) is 22.5 Å². The van der Waals surface area contributed by atoms with Crippen LogP contribution in [0.15, 0.2) is 66.7 Å². The average Bonchev–Trinajstić information content (AvgIpc) is 3.10. The first-order chi connectivity index (χ1) is 16.7. The molecule has 1 saturated heterocycles. The third-order valence-corrected chi connectivity index (χ3v) is 9.02. The van der Waals surface area contributed by atoms with E-state index in [9.17, 15) is 14.4 Å². The molecule has 3 aliphatic carbocycles. The number of nitrogens with zero attached hydrogens (tertiary/aromatic N) is 1. The minimum atomic E-state index is -1.29. The Hall–Kier alpha value is -2.57. The fraction of sp³-hybridized carbons (Fsp3) is 0.192. The van der Waals surface area contributed by atoms with Crippen LogP contribution in [0.5, 0.6) is 0 Å². The lowest BCUT2D eigenvalue weighted by Crippen LogP contribution is -2.57. The van der Waals surface area contributed by atoms with Crippen molar-refractivity contribution >= 4 is 69.8 Å². The first-order valence-electron chi connectivity index (χ1n) is 10.9. The van der Waals surface area contributed by atoms with Crippen LogP contribution >= 0.6 is 46.4 Å². The number of hydrogen-bond acceptors (Lipinski definition) is 3. The van der Waals surface area contributed by atoms with Gasteiger partial charge in [0.15, 0.2) is 0 Å². The minimum absolute atomic E-state index is 0.238. The molecule has 9 heteroatoms. The number of halogens is 4. The number of benzene rings is 3. The highest BCUT2D eigenvalue weighted by Crippen LogP contribution is 2.69. The van der Waals surface area contributed by atoms with E-state index in [2.05, 4.69) is 5.32 Å². The van der Waals surface area contributed by atoms with Crippen LogP contribution in [0.4, 0.5) is 5.69 Å². The molecule has 3 aromatic carbocycles. The molecule has 1 fully saturated rings. The van der Waals surface area contributed by atoms with Crippen LogP contribution in [-0.4, -0.2) is 29.2 Å². The molecule has 0 aromatic heterocycles. The molecular formula is C26H16Cl4N2O3. The van der Waals surface area contributed by atoms with Crippen molar-refractivity contribution in [3.63, 3.8) is 0 Å². The Labute approximate surface area is 220 Å². The van der Waals surface area contributed by atoms with Gasteiger partial charge in [-0.1, -0.05) is 71.7 Å². The second kappa shape index (κ2) is 7.71. The molecule has 5 nitrogen and oxygen atoms in total. The number of likely N-dealkylation sites (tertiary alicyclic amines) is 1. The summed E-state index contributed by atoms with van der Waals surface area (Å²) >= 11 is 26.8. The van der Waals surface area contributed by atoms with E-state index in [4.69, 9.17) is 46.4 Å². The highest BCUT2D eigenvalue weighted by molar-refractivity contribution is 6.37. The Morgan fingerprint density at radius 3 is 1.69 bits per heavy atom. The maximum Gasteiger partial charge on any atom is 0.244 e. The van der Waals surface area contributed by atoms with Gasteiger partial charge in [0, 0.05) is 5.02 Å². The van der Waals surface area contributed by atoms with E-state index in [1.807, 2.05) is 48.5 Å². The van der Waals surface area contributed by atoms with Gasteiger partial charge in [-0.2, -0.15) is 0 Å². The number of alkyl halides is 2. The number of rotatable bonds is 3. The van der Waals surface area contributed by atoms with Crippen LogP contribution in [0.25, 0.3) is 0 Å². The Bertz CT molecular complexity index is 1330. The number of hydrogen-bond donors (Lipinski definition) is 1. The zero-order valence-electron chi connectivity index (χ0n) is 17.9. The van der Waals surface area contributed by atoms with Gasteiger partial charge in [0.2, 0.25) is 17.7 Å². The van der Waals surface area contributed by atoms with E-state index in [-0.39, 0.29) is 5.02 Å². The SMILES string of the molecule is O=C(CN1C(=O)[C@@H]2[C@@H](C1=O)C1(Cl)c3ccccc3C2(Cl)c2ccccc21)Nc1ccc(Cl)cc1Cl. The molecule has 176 valence electrons. The molecule has 4 aliphatic rings. The number of carbonyl (C=O) groups is 3. The molecule has 35 heavy (non-hydrogen) atoms. The number of imide groups is 1. The second-order valence-electron chi connectivity index (χ2n) is 8.91. The Kier molecular flexibility index (Phi) is 5.04. The molecule has 3 aromatic rings. The lowest BCUT2D eigenvalue weighted by atomic mass is 9.54. The number of carbonyl (C=O) groups excluding carboxylic acids is 3. The van der Waals surface area contributed by atoms with E-state index in [0.717, 1.165) is 4.90 Å². The van der Waals surface area contributed by atoms with Crippen molar-refractivity contribution in [3.05, 3.63) is 99.0 Å². The topological polar surface area (TPSA) is 66.5 Å². The van der Waals surface area contributed by atoms with Gasteiger partial charge in [-0.25, -0.2) is 0 Å². The molecule has 3 amide bonds. The smallest absolute Gasteiger partial charge is 0.244 e. The van der Waals surface area contributed by atoms with E-state index >= 15 is 0 Å². The Morgan fingerprint density at radius 2 is 1.26 bits per heavy atom. The predicted octanol–water partition coefficient (Wildman–Crippen LogP) is 5.53. The van der Waals surface area contributed by atoms with Crippen molar-refractivity contribution in [3.8, 4) is 0 Å². The summed E-state index contributed by atoms with van der Waals surface area (Å²) in [5, 5.41) is 3.29. The van der Waals surface area contributed by atoms with Crippen LogP contribution in [0.1, 0.15) is 22.3 Å². The maximum atomic E-state index is 13.7. The minimum Gasteiger partial charge on any atom is -0.323 e. The number of amides is 3. The van der Waals surface area contributed by atoms with Gasteiger partial charge in [0.25, 0.3) is 0 Å². The summed E-state index contributed by atoms with van der Waals surface area (Å²) in [5.74, 6) is -3.54. The van der Waals surface area contributed by atoms with Crippen molar-refractivity contribution < 1.29 is 14.4 Å². The zero-order valence-corrected chi connectivity index (χ0v) is 20.9. The van der Waals surface area contributed by atoms with Crippen molar-refractivity contribution in [1.29, 1.82) is 0 Å². The maximum absolute atomic E-state index is 13.7. The summed E-state index contributed by atoms with van der Waals surface area (Å²) < 4.78 is 0. The van der Waals surface area contributed by atoms with Gasteiger partial charge in [-0.3, -0.25) is 19.3 Å². The van der Waals surface area contributed by atoms with Crippen LogP contribution in [0, 0.1) is 11.8 Å². The lowest BCUT2D eigenvalue weighted by Gasteiger charge is -2.54. The quantitative estimate of drug-likeness (QED) is 0.348. The van der Waals surface area contributed by atoms with Gasteiger partial charge in [-0.05, 0) is 40.5 Å². The molecule has 1 heterocycles. The van der Waals surface area contributed by atoms with Gasteiger partial charge >= 0.3 is 0 Å². The third kappa shape index (κ3) is 2.93. The highest BCUT2D eigenvalue weighted by Gasteiger charge is 2.73. The molecule has 1 aliphatic heterocycles. The number of nitrogens with one attached hydrogen (secondary N) is 1. The van der Waals surface area contributed by atoms with Crippen LogP contribution in [-0.2, 0) is 24.1 Å². The predicted molar refractivity (Wildman–Crippen MR) is 135 cm³/mol. The zero-order chi connectivity index (χ0) is 24.7. The third-order valence-electron chi connectivity index (χ3n) is 7.18. The number of anilines is 1. The summed E-state index contributed by atoms with van der Waals surface area (Å²) in [7, 11) is 0. The van der Waals surface area contributed by atoms with Crippen molar-refractivity contribution in [2.24, 2.45) is 11.8 Å². The lowest BCUT2D eigenvalue weighted by molar-refractivity contribution is -0.142. The van der Waals surface area contributed by atoms with Crippen molar-refractivity contribution in [1.82, 2.24) is 4.90 Å². The molecule has 0 unspecified atom stereocenters. The van der Waals surface area contributed by atoms with Gasteiger partial charge in [0.1, 0.15) is 16.3 Å². The van der Waals surface area contributed by atoms with Gasteiger partial charge in [-0.15, -0.1) is 23.2 Å². The second-order valence-corrected chi connectivity index (χ2v) is 10.9. The Morgan fingerprint density at radius 1 is 0.800 bits per heavy atom. The van der Waals surface area contributed by atoms with Crippen LogP contribution < -0.4 is 5.32 Å². The molecule has 2 bridgehead atoms. The van der Waals surface area contributed by atoms with Crippen LogP contribution in [0.3, 0.4) is 0 Å². The fourth-order valence-electron chi connectivity index (χ4n) is 5.80. The molecule has 0 saturated carbocycles. The molecular weight excluding hydrogens is 530 g/mol. The normalized spacial score (nSPS) is 27.9. The van der Waals surface area contributed by atoms with E-state index in [1.165, 1.54) is 6.07 Å². The van der Waals surface area contributed by atoms with Crippen LogP contribution in [0.2, 0.25) is 10.0 Å². The molecule has 1 N–H and O–H groups in total. The van der Waals surface area contributed by atoms with Crippen molar-refractivity contribution in [2.75, 3.05) is 11.9 Å². The molecule has 2 atom stereocenters. The summed E-state index contributed by atoms with van der Waals surface area (Å²) in [6.45, 7) is -0.490. The van der Waals surface area contributed by atoms with Crippen molar-refractivity contribution in [2.45, 2.75) is 9.75 Å².